The summed E-state index contributed by atoms with van der Waals surface area (Å²) in [6, 6.07) is -0.392. The molecular formula is C14H21N3O3S. The lowest BCUT2D eigenvalue weighted by Crippen LogP contribution is -2.42. The van der Waals surface area contributed by atoms with Crippen LogP contribution in [0.3, 0.4) is 0 Å². The van der Waals surface area contributed by atoms with E-state index in [-0.39, 0.29) is 29.6 Å². The third-order valence-electron chi connectivity index (χ3n) is 3.88. The molecule has 1 aliphatic carbocycles. The molecule has 1 aromatic heterocycles. The fourth-order valence-corrected chi connectivity index (χ4v) is 3.43. The number of nitrogens with zero attached hydrogens (tertiary/aromatic N) is 1. The Kier molecular flexibility index (Phi) is 5.30. The zero-order chi connectivity index (χ0) is 15.4. The first-order valence-electron chi connectivity index (χ1n) is 7.23. The molecular weight excluding hydrogens is 290 g/mol. The summed E-state index contributed by atoms with van der Waals surface area (Å²) >= 11 is 1.24. The number of carboxylic acid groups (broad SMARTS) is 1. The first kappa shape index (κ1) is 15.9. The number of aromatic carboxylic acids is 1. The lowest BCUT2D eigenvalue weighted by Gasteiger charge is -2.22. The maximum absolute atomic E-state index is 12.4. The van der Waals surface area contributed by atoms with Crippen molar-refractivity contribution < 1.29 is 14.7 Å². The van der Waals surface area contributed by atoms with Crippen LogP contribution in [0, 0.1) is 5.92 Å². The molecule has 1 heterocycles. The molecule has 0 aliphatic heterocycles. The van der Waals surface area contributed by atoms with E-state index in [1.807, 2.05) is 6.92 Å². The van der Waals surface area contributed by atoms with Crippen molar-refractivity contribution >= 4 is 23.2 Å². The summed E-state index contributed by atoms with van der Waals surface area (Å²) in [6.45, 7) is 1.81. The Morgan fingerprint density at radius 3 is 2.81 bits per heavy atom. The van der Waals surface area contributed by atoms with Crippen molar-refractivity contribution in [2.75, 3.05) is 0 Å². The number of thiazole rings is 1. The van der Waals surface area contributed by atoms with Gasteiger partial charge in [0.05, 0.1) is 12.0 Å². The first-order chi connectivity index (χ1) is 9.99. The number of aromatic nitrogens is 1. The molecule has 1 saturated carbocycles. The van der Waals surface area contributed by atoms with Gasteiger partial charge in [0.25, 0.3) is 0 Å². The van der Waals surface area contributed by atoms with Crippen LogP contribution >= 0.6 is 11.3 Å². The number of nitrogens with two attached hydrogens (primary N) is 1. The number of hydrogen-bond acceptors (Lipinski definition) is 5. The van der Waals surface area contributed by atoms with Crippen molar-refractivity contribution in [1.29, 1.82) is 0 Å². The van der Waals surface area contributed by atoms with E-state index in [9.17, 15) is 9.59 Å². The molecule has 0 radical (unpaired) electrons. The SMILES string of the molecule is CC(NC(=O)C1CCCCCC1N)c1nc(C(=O)O)cs1. The maximum atomic E-state index is 12.4. The summed E-state index contributed by atoms with van der Waals surface area (Å²) in [4.78, 5) is 27.2. The second kappa shape index (κ2) is 7.00. The highest BCUT2D eigenvalue weighted by Gasteiger charge is 2.28. The number of hydrogen-bond donors (Lipinski definition) is 3. The standard InChI is InChI=1S/C14H21N3O3S/c1-8(13-17-11(7-21-13)14(19)20)16-12(18)9-5-3-2-4-6-10(9)15/h7-10H,2-6,15H2,1H3,(H,16,18)(H,19,20). The monoisotopic (exact) mass is 311 g/mol. The number of carbonyl (C=O) groups is 2. The van der Waals surface area contributed by atoms with Crippen molar-refractivity contribution in [3.63, 3.8) is 0 Å². The van der Waals surface area contributed by atoms with Crippen LogP contribution < -0.4 is 11.1 Å². The van der Waals surface area contributed by atoms with Gasteiger partial charge in [-0.15, -0.1) is 11.3 Å². The largest absolute Gasteiger partial charge is 0.476 e. The van der Waals surface area contributed by atoms with Crippen molar-refractivity contribution in [3.05, 3.63) is 16.1 Å². The summed E-state index contributed by atoms with van der Waals surface area (Å²) < 4.78 is 0. The van der Waals surface area contributed by atoms with Crippen molar-refractivity contribution in [2.45, 2.75) is 51.1 Å². The highest BCUT2D eigenvalue weighted by atomic mass is 32.1. The summed E-state index contributed by atoms with van der Waals surface area (Å²) in [5.74, 6) is -1.26. The quantitative estimate of drug-likeness (QED) is 0.737. The van der Waals surface area contributed by atoms with E-state index in [0.717, 1.165) is 32.1 Å². The molecule has 3 unspecified atom stereocenters. The zero-order valence-electron chi connectivity index (χ0n) is 12.0. The lowest BCUT2D eigenvalue weighted by atomic mass is 9.94. The van der Waals surface area contributed by atoms with Gasteiger partial charge in [-0.1, -0.05) is 19.3 Å². The number of rotatable bonds is 4. The Bertz CT molecular complexity index is 517. The molecule has 7 heteroatoms. The number of amides is 1. The van der Waals surface area contributed by atoms with Crippen molar-refractivity contribution in [1.82, 2.24) is 10.3 Å². The molecule has 0 spiro atoms. The van der Waals surface area contributed by atoms with E-state index < -0.39 is 5.97 Å². The summed E-state index contributed by atoms with van der Waals surface area (Å²) in [5, 5.41) is 13.9. The Balaban J connectivity index is 1.98. The lowest BCUT2D eigenvalue weighted by molar-refractivity contribution is -0.126. The Labute approximate surface area is 127 Å². The minimum atomic E-state index is -1.05. The molecule has 1 amide bonds. The minimum absolute atomic E-state index is 0.0160. The van der Waals surface area contributed by atoms with Gasteiger partial charge >= 0.3 is 5.97 Å². The van der Waals surface area contributed by atoms with E-state index in [1.54, 1.807) is 0 Å². The number of carboxylic acids is 1. The molecule has 3 atom stereocenters. The van der Waals surface area contributed by atoms with Crippen LogP contribution in [0.4, 0.5) is 0 Å². The van der Waals surface area contributed by atoms with Crippen LogP contribution in [0.5, 0.6) is 0 Å². The third-order valence-corrected chi connectivity index (χ3v) is 4.90. The number of carbonyl (C=O) groups excluding carboxylic acids is 1. The van der Waals surface area contributed by atoms with E-state index in [4.69, 9.17) is 10.8 Å². The number of nitrogens with one attached hydrogen (secondary N) is 1. The topological polar surface area (TPSA) is 105 Å². The second-order valence-corrected chi connectivity index (χ2v) is 6.40. The molecule has 1 aromatic rings. The molecule has 4 N–H and O–H groups in total. The van der Waals surface area contributed by atoms with Gasteiger partial charge in [-0.2, -0.15) is 0 Å². The smallest absolute Gasteiger partial charge is 0.355 e. The van der Waals surface area contributed by atoms with Crippen LogP contribution in [0.15, 0.2) is 5.38 Å². The molecule has 116 valence electrons. The molecule has 2 rings (SSSR count). The van der Waals surface area contributed by atoms with Crippen molar-refractivity contribution in [3.8, 4) is 0 Å². The zero-order valence-corrected chi connectivity index (χ0v) is 12.9. The maximum Gasteiger partial charge on any atom is 0.355 e. The highest BCUT2D eigenvalue weighted by molar-refractivity contribution is 7.09. The van der Waals surface area contributed by atoms with Gasteiger partial charge in [0, 0.05) is 11.4 Å². The van der Waals surface area contributed by atoms with Crippen LogP contribution in [0.25, 0.3) is 0 Å². The summed E-state index contributed by atoms with van der Waals surface area (Å²) in [7, 11) is 0. The van der Waals surface area contributed by atoms with Gasteiger partial charge in [0.15, 0.2) is 5.69 Å². The van der Waals surface area contributed by atoms with Gasteiger partial charge in [0.1, 0.15) is 5.01 Å². The normalized spacial score (nSPS) is 24.1. The fourth-order valence-electron chi connectivity index (χ4n) is 2.63. The summed E-state index contributed by atoms with van der Waals surface area (Å²) in [6.07, 6.45) is 4.93. The molecule has 0 bridgehead atoms. The molecule has 6 nitrogen and oxygen atoms in total. The van der Waals surface area contributed by atoms with Crippen LogP contribution in [0.2, 0.25) is 0 Å². The van der Waals surface area contributed by atoms with E-state index >= 15 is 0 Å². The van der Waals surface area contributed by atoms with E-state index in [0.29, 0.717) is 5.01 Å². The van der Waals surface area contributed by atoms with E-state index in [2.05, 4.69) is 10.3 Å². The Hall–Kier alpha value is -1.47. The fraction of sp³-hybridized carbons (Fsp3) is 0.643. The predicted octanol–water partition coefficient (Wildman–Crippen LogP) is 1.93. The first-order valence-corrected chi connectivity index (χ1v) is 8.11. The molecule has 0 saturated heterocycles. The van der Waals surface area contributed by atoms with Crippen LogP contribution in [-0.4, -0.2) is 28.0 Å². The predicted molar refractivity (Wildman–Crippen MR) is 80.2 cm³/mol. The van der Waals surface area contributed by atoms with Gasteiger partial charge in [-0.3, -0.25) is 4.79 Å². The Morgan fingerprint density at radius 2 is 2.14 bits per heavy atom. The average Bonchev–Trinajstić information content (AvgIpc) is 2.83. The van der Waals surface area contributed by atoms with E-state index in [1.165, 1.54) is 16.7 Å². The second-order valence-electron chi connectivity index (χ2n) is 5.51. The summed E-state index contributed by atoms with van der Waals surface area (Å²) in [5.41, 5.74) is 6.10. The van der Waals surface area contributed by atoms with Gasteiger partial charge < -0.3 is 16.2 Å². The molecule has 0 aromatic carbocycles. The average molecular weight is 311 g/mol. The highest BCUT2D eigenvalue weighted by Crippen LogP contribution is 2.24. The third kappa shape index (κ3) is 4.01. The Morgan fingerprint density at radius 1 is 1.43 bits per heavy atom. The van der Waals surface area contributed by atoms with Crippen molar-refractivity contribution in [2.24, 2.45) is 11.7 Å². The molecule has 1 fully saturated rings. The molecule has 1 aliphatic rings. The van der Waals surface area contributed by atoms with Gasteiger partial charge in [0.2, 0.25) is 5.91 Å². The van der Waals surface area contributed by atoms with Crippen LogP contribution in [0.1, 0.15) is 60.6 Å². The van der Waals surface area contributed by atoms with Crippen LogP contribution in [-0.2, 0) is 4.79 Å². The van der Waals surface area contributed by atoms with Gasteiger partial charge in [-0.05, 0) is 19.8 Å². The molecule has 21 heavy (non-hydrogen) atoms. The van der Waals surface area contributed by atoms with Gasteiger partial charge in [-0.25, -0.2) is 9.78 Å². The minimum Gasteiger partial charge on any atom is -0.476 e.